The van der Waals surface area contributed by atoms with Crippen LogP contribution in [-0.4, -0.2) is 19.2 Å². The first kappa shape index (κ1) is 13.9. The molecule has 0 radical (unpaired) electrons. The van der Waals surface area contributed by atoms with E-state index in [1.165, 1.54) is 0 Å². The average molecular weight is 280 g/mol. The van der Waals surface area contributed by atoms with Gasteiger partial charge in [0.05, 0.1) is 30.1 Å². The van der Waals surface area contributed by atoms with Crippen LogP contribution in [0.3, 0.4) is 0 Å². The number of rotatable bonds is 4. The fourth-order valence-electron chi connectivity index (χ4n) is 2.11. The molecule has 0 saturated carbocycles. The molecular weight excluding hydrogens is 262 g/mol. The monoisotopic (exact) mass is 279 g/mol. The molecule has 0 atom stereocenters. The summed E-state index contributed by atoms with van der Waals surface area (Å²) in [5.74, 6) is 1.94. The molecule has 0 aliphatic heterocycles. The Morgan fingerprint density at radius 2 is 1.89 bits per heavy atom. The van der Waals surface area contributed by atoms with Crippen molar-refractivity contribution in [1.82, 2.24) is 4.98 Å². The summed E-state index contributed by atoms with van der Waals surface area (Å²) in [4.78, 5) is 4.65. The molecule has 0 N–H and O–H groups in total. The number of benzene rings is 1. The fourth-order valence-corrected chi connectivity index (χ4v) is 2.43. The maximum Gasteiger partial charge on any atom is 0.133 e. The summed E-state index contributed by atoms with van der Waals surface area (Å²) in [6, 6.07) is 5.62. The highest BCUT2D eigenvalue weighted by atomic mass is 35.5. The summed E-state index contributed by atoms with van der Waals surface area (Å²) < 4.78 is 10.6. The van der Waals surface area contributed by atoms with E-state index in [1.54, 1.807) is 14.2 Å². The van der Waals surface area contributed by atoms with Crippen LogP contribution in [0.5, 0.6) is 11.5 Å². The normalized spacial score (nSPS) is 11.1. The fraction of sp³-hybridized carbons (Fsp3) is 0.400. The minimum absolute atomic E-state index is 0.536. The molecule has 0 spiro atoms. The van der Waals surface area contributed by atoms with Gasteiger partial charge in [-0.05, 0) is 18.4 Å². The van der Waals surface area contributed by atoms with Gasteiger partial charge in [-0.2, -0.15) is 0 Å². The maximum atomic E-state index is 6.36. The Hall–Kier alpha value is -1.48. The quantitative estimate of drug-likeness (QED) is 0.844. The van der Waals surface area contributed by atoms with Gasteiger partial charge in [-0.3, -0.25) is 4.98 Å². The molecule has 0 saturated heterocycles. The van der Waals surface area contributed by atoms with Crippen molar-refractivity contribution < 1.29 is 9.47 Å². The lowest BCUT2D eigenvalue weighted by Gasteiger charge is -2.12. The van der Waals surface area contributed by atoms with E-state index in [4.69, 9.17) is 21.1 Å². The van der Waals surface area contributed by atoms with Gasteiger partial charge in [-0.15, -0.1) is 0 Å². The van der Waals surface area contributed by atoms with Crippen molar-refractivity contribution in [3.05, 3.63) is 28.9 Å². The van der Waals surface area contributed by atoms with Crippen molar-refractivity contribution in [3.63, 3.8) is 0 Å². The van der Waals surface area contributed by atoms with Crippen LogP contribution in [0.15, 0.2) is 18.2 Å². The summed E-state index contributed by atoms with van der Waals surface area (Å²) >= 11 is 6.36. The van der Waals surface area contributed by atoms with Gasteiger partial charge in [0.1, 0.15) is 11.5 Å². The van der Waals surface area contributed by atoms with Crippen LogP contribution < -0.4 is 9.47 Å². The molecule has 19 heavy (non-hydrogen) atoms. The standard InChI is InChI=1S/C15H18ClNO2/c1-9(2)5-10-6-12(16)15-13(17-10)7-11(18-3)8-14(15)19-4/h6-9H,5H2,1-4H3. The average Bonchev–Trinajstić information content (AvgIpc) is 2.36. The van der Waals surface area contributed by atoms with Crippen LogP contribution in [0.25, 0.3) is 10.9 Å². The molecule has 2 rings (SSSR count). The van der Waals surface area contributed by atoms with Crippen LogP contribution in [0.4, 0.5) is 0 Å². The third kappa shape index (κ3) is 2.92. The number of methoxy groups -OCH3 is 2. The van der Waals surface area contributed by atoms with Crippen LogP contribution in [0, 0.1) is 5.92 Å². The zero-order valence-electron chi connectivity index (χ0n) is 11.7. The zero-order chi connectivity index (χ0) is 14.0. The molecule has 1 aromatic carbocycles. The van der Waals surface area contributed by atoms with Gasteiger partial charge in [0.15, 0.2) is 0 Å². The van der Waals surface area contributed by atoms with Gasteiger partial charge in [0, 0.05) is 17.8 Å². The zero-order valence-corrected chi connectivity index (χ0v) is 12.4. The van der Waals surface area contributed by atoms with Crippen LogP contribution in [0.1, 0.15) is 19.5 Å². The maximum absolute atomic E-state index is 6.36. The lowest BCUT2D eigenvalue weighted by molar-refractivity contribution is 0.398. The Balaban J connectivity index is 2.65. The third-order valence-corrected chi connectivity index (χ3v) is 3.22. The first-order valence-electron chi connectivity index (χ1n) is 6.26. The second-order valence-corrected chi connectivity index (χ2v) is 5.32. The van der Waals surface area contributed by atoms with Gasteiger partial charge in [-0.25, -0.2) is 0 Å². The van der Waals surface area contributed by atoms with Crippen LogP contribution in [0.2, 0.25) is 5.02 Å². The minimum Gasteiger partial charge on any atom is -0.497 e. The van der Waals surface area contributed by atoms with Gasteiger partial charge < -0.3 is 9.47 Å². The van der Waals surface area contributed by atoms with Crippen LogP contribution >= 0.6 is 11.6 Å². The molecule has 0 unspecified atom stereocenters. The Kier molecular flexibility index (Phi) is 4.15. The van der Waals surface area contributed by atoms with Crippen molar-refractivity contribution in [1.29, 1.82) is 0 Å². The summed E-state index contributed by atoms with van der Waals surface area (Å²) in [5, 5.41) is 1.50. The van der Waals surface area contributed by atoms with Gasteiger partial charge in [0.2, 0.25) is 0 Å². The Labute approximate surface area is 118 Å². The third-order valence-electron chi connectivity index (χ3n) is 2.92. The number of ether oxygens (including phenoxy) is 2. The number of nitrogens with zero attached hydrogens (tertiary/aromatic N) is 1. The Bertz CT molecular complexity index is 596. The molecule has 1 heterocycles. The first-order valence-corrected chi connectivity index (χ1v) is 6.64. The van der Waals surface area contributed by atoms with E-state index in [1.807, 2.05) is 18.2 Å². The molecule has 0 bridgehead atoms. The first-order chi connectivity index (χ1) is 9.05. The van der Waals surface area contributed by atoms with E-state index in [0.717, 1.165) is 28.8 Å². The lowest BCUT2D eigenvalue weighted by Crippen LogP contribution is -1.99. The summed E-state index contributed by atoms with van der Waals surface area (Å²) in [7, 11) is 3.24. The molecule has 0 aliphatic carbocycles. The Morgan fingerprint density at radius 3 is 2.47 bits per heavy atom. The van der Waals surface area contributed by atoms with Gasteiger partial charge in [-0.1, -0.05) is 25.4 Å². The topological polar surface area (TPSA) is 31.4 Å². The molecule has 1 aromatic heterocycles. The molecule has 0 aliphatic rings. The minimum atomic E-state index is 0.536. The van der Waals surface area contributed by atoms with Crippen molar-refractivity contribution in [3.8, 4) is 11.5 Å². The second-order valence-electron chi connectivity index (χ2n) is 4.92. The molecular formula is C15H18ClNO2. The highest BCUT2D eigenvalue weighted by Gasteiger charge is 2.12. The predicted octanol–water partition coefficient (Wildman–Crippen LogP) is 4.10. The molecule has 102 valence electrons. The van der Waals surface area contributed by atoms with Crippen molar-refractivity contribution in [2.24, 2.45) is 5.92 Å². The number of hydrogen-bond donors (Lipinski definition) is 0. The SMILES string of the molecule is COc1cc(OC)c2c(Cl)cc(CC(C)C)nc2c1. The summed E-state index contributed by atoms with van der Waals surface area (Å²) in [5.41, 5.74) is 1.79. The van der Waals surface area contributed by atoms with Crippen molar-refractivity contribution in [2.45, 2.75) is 20.3 Å². The summed E-state index contributed by atoms with van der Waals surface area (Å²) in [6.07, 6.45) is 0.898. The number of fused-ring (bicyclic) bond motifs is 1. The Morgan fingerprint density at radius 1 is 1.16 bits per heavy atom. The largest absolute Gasteiger partial charge is 0.497 e. The van der Waals surface area contributed by atoms with Crippen molar-refractivity contribution in [2.75, 3.05) is 14.2 Å². The van der Waals surface area contributed by atoms with Crippen molar-refractivity contribution >= 4 is 22.5 Å². The number of halogens is 1. The van der Waals surface area contributed by atoms with E-state index in [2.05, 4.69) is 18.8 Å². The summed E-state index contributed by atoms with van der Waals surface area (Å²) in [6.45, 7) is 4.32. The number of hydrogen-bond acceptors (Lipinski definition) is 3. The number of aromatic nitrogens is 1. The van der Waals surface area contributed by atoms with Gasteiger partial charge in [0.25, 0.3) is 0 Å². The molecule has 0 amide bonds. The van der Waals surface area contributed by atoms with E-state index >= 15 is 0 Å². The predicted molar refractivity (Wildman–Crippen MR) is 78.4 cm³/mol. The molecule has 2 aromatic rings. The van der Waals surface area contributed by atoms with E-state index < -0.39 is 0 Å². The van der Waals surface area contributed by atoms with Gasteiger partial charge >= 0.3 is 0 Å². The van der Waals surface area contributed by atoms with Crippen LogP contribution in [-0.2, 0) is 6.42 Å². The molecule has 0 fully saturated rings. The molecule has 3 nitrogen and oxygen atoms in total. The smallest absolute Gasteiger partial charge is 0.133 e. The van der Waals surface area contributed by atoms with E-state index in [-0.39, 0.29) is 0 Å². The highest BCUT2D eigenvalue weighted by Crippen LogP contribution is 2.35. The highest BCUT2D eigenvalue weighted by molar-refractivity contribution is 6.36. The van der Waals surface area contributed by atoms with E-state index in [0.29, 0.717) is 16.7 Å². The second kappa shape index (κ2) is 5.66. The lowest BCUT2D eigenvalue weighted by atomic mass is 10.1. The number of pyridine rings is 1. The van der Waals surface area contributed by atoms with E-state index in [9.17, 15) is 0 Å². The molecule has 4 heteroatoms.